The van der Waals surface area contributed by atoms with Crippen molar-refractivity contribution in [3.05, 3.63) is 0 Å². The van der Waals surface area contributed by atoms with Gasteiger partial charge in [0.2, 0.25) is 0 Å². The van der Waals surface area contributed by atoms with Gasteiger partial charge in [0, 0.05) is 18.5 Å². The molecule has 0 bridgehead atoms. The molecule has 4 heteroatoms. The Morgan fingerprint density at radius 2 is 2.00 bits per heavy atom. The Kier molecular flexibility index (Phi) is 4.93. The molecule has 0 radical (unpaired) electrons. The number of hydrogen-bond donors (Lipinski definition) is 0. The van der Waals surface area contributed by atoms with Crippen LogP contribution in [0.15, 0.2) is 0 Å². The molecule has 3 nitrogen and oxygen atoms in total. The molecule has 88 valence electrons. The second-order valence-corrected chi connectivity index (χ2v) is 6.00. The monoisotopic (exact) mass is 232 g/mol. The number of ether oxygens (including phenoxy) is 2. The minimum Gasteiger partial charge on any atom is -0.459 e. The fourth-order valence-electron chi connectivity index (χ4n) is 1.40. The molecule has 1 rings (SSSR count). The van der Waals surface area contributed by atoms with Crippen LogP contribution < -0.4 is 0 Å². The largest absolute Gasteiger partial charge is 0.459 e. The first-order valence-corrected chi connectivity index (χ1v) is 6.43. The molecule has 0 atom stereocenters. The maximum atomic E-state index is 11.4. The van der Waals surface area contributed by atoms with Crippen molar-refractivity contribution in [3.8, 4) is 0 Å². The Morgan fingerprint density at radius 1 is 1.40 bits per heavy atom. The average Bonchev–Trinajstić information content (AvgIpc) is 2.14. The van der Waals surface area contributed by atoms with E-state index < -0.39 is 0 Å². The normalized spacial score (nSPS) is 18.9. The number of carbonyl (C=O) groups is 1. The van der Waals surface area contributed by atoms with Crippen molar-refractivity contribution in [2.24, 2.45) is 0 Å². The van der Waals surface area contributed by atoms with Gasteiger partial charge in [-0.2, -0.15) is 0 Å². The molecular weight excluding hydrogens is 212 g/mol. The highest BCUT2D eigenvalue weighted by atomic mass is 32.2. The minimum absolute atomic E-state index is 0.112. The molecule has 1 saturated heterocycles. The molecule has 0 aromatic heterocycles. The van der Waals surface area contributed by atoms with Gasteiger partial charge in [-0.05, 0) is 33.6 Å². The highest BCUT2D eigenvalue weighted by Gasteiger charge is 2.19. The Morgan fingerprint density at radius 3 is 2.53 bits per heavy atom. The molecule has 0 aromatic rings. The summed E-state index contributed by atoms with van der Waals surface area (Å²) in [7, 11) is 0. The second kappa shape index (κ2) is 5.75. The van der Waals surface area contributed by atoms with E-state index in [2.05, 4.69) is 0 Å². The van der Waals surface area contributed by atoms with E-state index in [1.807, 2.05) is 20.8 Å². The van der Waals surface area contributed by atoms with Crippen molar-refractivity contribution in [1.29, 1.82) is 0 Å². The smallest absolute Gasteiger partial charge is 0.316 e. The van der Waals surface area contributed by atoms with Crippen molar-refractivity contribution in [2.75, 3.05) is 19.0 Å². The Hall–Kier alpha value is -0.220. The van der Waals surface area contributed by atoms with Crippen molar-refractivity contribution < 1.29 is 14.3 Å². The third kappa shape index (κ3) is 6.05. The van der Waals surface area contributed by atoms with Crippen LogP contribution in [0.4, 0.5) is 0 Å². The van der Waals surface area contributed by atoms with Crippen LogP contribution in [-0.4, -0.2) is 35.8 Å². The number of hydrogen-bond acceptors (Lipinski definition) is 4. The van der Waals surface area contributed by atoms with E-state index in [0.29, 0.717) is 11.0 Å². The summed E-state index contributed by atoms with van der Waals surface area (Å²) >= 11 is 1.69. The van der Waals surface area contributed by atoms with Gasteiger partial charge in [-0.1, -0.05) is 0 Å². The fourth-order valence-corrected chi connectivity index (χ4v) is 2.36. The van der Waals surface area contributed by atoms with Gasteiger partial charge in [-0.25, -0.2) is 0 Å². The highest BCUT2D eigenvalue weighted by Crippen LogP contribution is 2.22. The number of carbonyl (C=O) groups excluding carboxylic acids is 1. The van der Waals surface area contributed by atoms with Gasteiger partial charge in [0.1, 0.15) is 5.60 Å². The van der Waals surface area contributed by atoms with E-state index in [0.717, 1.165) is 26.1 Å². The van der Waals surface area contributed by atoms with Crippen LogP contribution in [0.2, 0.25) is 0 Å². The Balaban J connectivity index is 2.15. The van der Waals surface area contributed by atoms with Crippen LogP contribution in [0.1, 0.15) is 33.6 Å². The second-order valence-electron chi connectivity index (χ2n) is 4.71. The summed E-state index contributed by atoms with van der Waals surface area (Å²) in [6.07, 6.45) is 2.10. The predicted octanol–water partition coefficient (Wildman–Crippen LogP) is 2.24. The first-order chi connectivity index (χ1) is 6.97. The third-order valence-electron chi connectivity index (χ3n) is 2.03. The molecule has 1 aliphatic rings. The van der Waals surface area contributed by atoms with Crippen LogP contribution in [0.3, 0.4) is 0 Å². The molecule has 0 aliphatic carbocycles. The van der Waals surface area contributed by atoms with Crippen molar-refractivity contribution >= 4 is 17.7 Å². The lowest BCUT2D eigenvalue weighted by molar-refractivity contribution is -0.151. The van der Waals surface area contributed by atoms with Gasteiger partial charge in [0.05, 0.1) is 5.75 Å². The zero-order chi connectivity index (χ0) is 11.3. The van der Waals surface area contributed by atoms with Crippen molar-refractivity contribution in [3.63, 3.8) is 0 Å². The summed E-state index contributed by atoms with van der Waals surface area (Å²) in [6.45, 7) is 7.33. The van der Waals surface area contributed by atoms with Gasteiger partial charge in [-0.3, -0.25) is 4.79 Å². The Labute approximate surface area is 95.9 Å². The molecule has 1 fully saturated rings. The van der Waals surface area contributed by atoms with E-state index in [4.69, 9.17) is 9.47 Å². The third-order valence-corrected chi connectivity index (χ3v) is 3.37. The van der Waals surface area contributed by atoms with Gasteiger partial charge < -0.3 is 9.47 Å². The van der Waals surface area contributed by atoms with Gasteiger partial charge >= 0.3 is 5.97 Å². The molecule has 0 N–H and O–H groups in total. The van der Waals surface area contributed by atoms with Crippen LogP contribution in [-0.2, 0) is 14.3 Å². The molecule has 0 aromatic carbocycles. The van der Waals surface area contributed by atoms with E-state index in [1.165, 1.54) is 0 Å². The summed E-state index contributed by atoms with van der Waals surface area (Å²) in [4.78, 5) is 11.4. The maximum Gasteiger partial charge on any atom is 0.316 e. The van der Waals surface area contributed by atoms with Gasteiger partial charge in [-0.15, -0.1) is 11.8 Å². The van der Waals surface area contributed by atoms with E-state index in [9.17, 15) is 4.79 Å². The van der Waals surface area contributed by atoms with E-state index in [1.54, 1.807) is 11.8 Å². The lowest BCUT2D eigenvalue weighted by atomic mass is 10.2. The molecule has 0 amide bonds. The molecule has 15 heavy (non-hydrogen) atoms. The maximum absolute atomic E-state index is 11.4. The summed E-state index contributed by atoms with van der Waals surface area (Å²) in [5.41, 5.74) is -0.368. The summed E-state index contributed by atoms with van der Waals surface area (Å²) in [5, 5.41) is 0.561. The SMILES string of the molecule is CC(C)(C)OC(=O)CSC1CCOCC1. The van der Waals surface area contributed by atoms with E-state index >= 15 is 0 Å². The molecule has 0 unspecified atom stereocenters. The van der Waals surface area contributed by atoms with Gasteiger partial charge in [0.15, 0.2) is 0 Å². The number of thioether (sulfide) groups is 1. The molecule has 0 saturated carbocycles. The van der Waals surface area contributed by atoms with Crippen LogP contribution >= 0.6 is 11.8 Å². The quantitative estimate of drug-likeness (QED) is 0.699. The summed E-state index contributed by atoms with van der Waals surface area (Å²) < 4.78 is 10.5. The molecular formula is C11H20O3S. The standard InChI is InChI=1S/C11H20O3S/c1-11(2,3)14-10(12)8-15-9-4-6-13-7-5-9/h9H,4-8H2,1-3H3. The summed E-state index contributed by atoms with van der Waals surface area (Å²) in [6, 6.07) is 0. The average molecular weight is 232 g/mol. The van der Waals surface area contributed by atoms with Crippen molar-refractivity contribution in [2.45, 2.75) is 44.5 Å². The zero-order valence-electron chi connectivity index (χ0n) is 9.75. The lowest BCUT2D eigenvalue weighted by Gasteiger charge is -2.23. The zero-order valence-corrected chi connectivity index (χ0v) is 10.6. The first-order valence-electron chi connectivity index (χ1n) is 5.38. The van der Waals surface area contributed by atoms with Crippen molar-refractivity contribution in [1.82, 2.24) is 0 Å². The number of rotatable bonds is 3. The predicted molar refractivity (Wildman–Crippen MR) is 62.1 cm³/mol. The van der Waals surface area contributed by atoms with Crippen LogP contribution in [0, 0.1) is 0 Å². The number of esters is 1. The first kappa shape index (κ1) is 12.8. The molecule has 1 aliphatic heterocycles. The van der Waals surface area contributed by atoms with Crippen LogP contribution in [0.5, 0.6) is 0 Å². The topological polar surface area (TPSA) is 35.5 Å². The lowest BCUT2D eigenvalue weighted by Crippen LogP contribution is -2.26. The van der Waals surface area contributed by atoms with E-state index in [-0.39, 0.29) is 11.6 Å². The summed E-state index contributed by atoms with van der Waals surface area (Å²) in [5.74, 6) is 0.348. The molecule has 0 spiro atoms. The van der Waals surface area contributed by atoms with Gasteiger partial charge in [0.25, 0.3) is 0 Å². The van der Waals surface area contributed by atoms with Crippen LogP contribution in [0.25, 0.3) is 0 Å². The Bertz CT molecular complexity index is 204. The fraction of sp³-hybridized carbons (Fsp3) is 0.909. The highest BCUT2D eigenvalue weighted by molar-refractivity contribution is 8.00. The minimum atomic E-state index is -0.368. The molecule has 1 heterocycles.